The lowest BCUT2D eigenvalue weighted by Crippen LogP contribution is -2.46. The summed E-state index contributed by atoms with van der Waals surface area (Å²) in [4.78, 5) is 12.3. The summed E-state index contributed by atoms with van der Waals surface area (Å²) in [6.45, 7) is 1.18. The van der Waals surface area contributed by atoms with Crippen LogP contribution in [0.3, 0.4) is 0 Å². The Morgan fingerprint density at radius 2 is 1.92 bits per heavy atom. The number of hydrogen-bond acceptors (Lipinski definition) is 5. The second kappa shape index (κ2) is 6.61. The third kappa shape index (κ3) is 3.21. The van der Waals surface area contributed by atoms with E-state index < -0.39 is 11.9 Å². The van der Waals surface area contributed by atoms with Crippen molar-refractivity contribution < 1.29 is 23.7 Å². The molecule has 3 aliphatic rings. The van der Waals surface area contributed by atoms with Crippen molar-refractivity contribution >= 4 is 5.91 Å². The van der Waals surface area contributed by atoms with Gasteiger partial charge in [0.2, 0.25) is 6.10 Å². The first-order valence-corrected chi connectivity index (χ1v) is 8.72. The molecule has 130 valence electrons. The average molecular weight is 333 g/mol. The van der Waals surface area contributed by atoms with Gasteiger partial charge in [-0.15, -0.1) is 0 Å². The molecule has 1 saturated carbocycles. The van der Waals surface area contributed by atoms with Crippen molar-refractivity contribution in [3.63, 3.8) is 0 Å². The minimum Gasteiger partial charge on any atom is -0.485 e. The van der Waals surface area contributed by atoms with E-state index in [2.05, 4.69) is 5.32 Å². The maximum Gasteiger partial charge on any atom is 0.264 e. The number of hydrogen-bond donors (Lipinski definition) is 1. The summed E-state index contributed by atoms with van der Waals surface area (Å²) >= 11 is 0. The quantitative estimate of drug-likeness (QED) is 0.917. The second-order valence-corrected chi connectivity index (χ2v) is 6.63. The lowest BCUT2D eigenvalue weighted by atomic mass is 9.94. The van der Waals surface area contributed by atoms with Gasteiger partial charge in [-0.05, 0) is 25.0 Å². The fourth-order valence-corrected chi connectivity index (χ4v) is 3.55. The number of amides is 1. The molecule has 6 nitrogen and oxygen atoms in total. The molecule has 1 spiro atoms. The van der Waals surface area contributed by atoms with Gasteiger partial charge in [-0.2, -0.15) is 0 Å². The Kier molecular flexibility index (Phi) is 4.33. The lowest BCUT2D eigenvalue weighted by molar-refractivity contribution is -0.186. The molecule has 0 unspecified atom stereocenters. The number of ether oxygens (including phenoxy) is 4. The van der Waals surface area contributed by atoms with Crippen LogP contribution in [-0.4, -0.2) is 43.7 Å². The molecule has 0 aromatic heterocycles. The molecule has 2 heterocycles. The lowest BCUT2D eigenvalue weighted by Gasteiger charge is -2.31. The maximum absolute atomic E-state index is 12.3. The Labute approximate surface area is 141 Å². The van der Waals surface area contributed by atoms with Gasteiger partial charge in [0, 0.05) is 19.4 Å². The van der Waals surface area contributed by atoms with Crippen LogP contribution in [0.15, 0.2) is 24.3 Å². The predicted octanol–water partition coefficient (Wildman–Crippen LogP) is 2.02. The summed E-state index contributed by atoms with van der Waals surface area (Å²) < 4.78 is 23.3. The Morgan fingerprint density at radius 1 is 1.12 bits per heavy atom. The number of para-hydroxylation sites is 2. The average Bonchev–Trinajstić information content (AvgIpc) is 3.02. The van der Waals surface area contributed by atoms with Crippen molar-refractivity contribution in [1.29, 1.82) is 0 Å². The highest BCUT2D eigenvalue weighted by Crippen LogP contribution is 2.37. The minimum absolute atomic E-state index is 0.0937. The van der Waals surface area contributed by atoms with E-state index in [0.29, 0.717) is 24.7 Å². The topological polar surface area (TPSA) is 66.0 Å². The summed E-state index contributed by atoms with van der Waals surface area (Å²) in [7, 11) is 0. The van der Waals surface area contributed by atoms with Crippen molar-refractivity contribution in [2.45, 2.75) is 50.1 Å². The zero-order chi connectivity index (χ0) is 16.4. The van der Waals surface area contributed by atoms with Crippen LogP contribution >= 0.6 is 0 Å². The van der Waals surface area contributed by atoms with Crippen LogP contribution < -0.4 is 14.8 Å². The highest BCUT2D eigenvalue weighted by Gasteiger charge is 2.42. The van der Waals surface area contributed by atoms with Crippen LogP contribution in [0.25, 0.3) is 0 Å². The molecule has 1 N–H and O–H groups in total. The van der Waals surface area contributed by atoms with Gasteiger partial charge in [-0.3, -0.25) is 4.79 Å². The van der Waals surface area contributed by atoms with Crippen LogP contribution in [0.1, 0.15) is 32.1 Å². The molecule has 0 radical (unpaired) electrons. The Balaban J connectivity index is 1.27. The number of nitrogens with one attached hydrogen (secondary N) is 1. The number of carbonyl (C=O) groups is 1. The minimum atomic E-state index is -0.633. The van der Waals surface area contributed by atoms with E-state index in [1.54, 1.807) is 6.07 Å². The number of fused-ring (bicyclic) bond motifs is 1. The molecule has 1 saturated heterocycles. The number of rotatable bonds is 3. The van der Waals surface area contributed by atoms with E-state index >= 15 is 0 Å². The standard InChI is InChI=1S/C18H23NO5/c20-17(16-12-21-14-6-2-3-7-15(14)23-16)19-10-13-11-22-18(24-13)8-4-1-5-9-18/h2-3,6-7,13,16H,1,4-5,8-12H2,(H,19,20)/t13-,16-/m1/s1. The number of carbonyl (C=O) groups excluding carboxylic acids is 1. The van der Waals surface area contributed by atoms with Crippen LogP contribution in [0, 0.1) is 0 Å². The van der Waals surface area contributed by atoms with Gasteiger partial charge in [0.25, 0.3) is 5.91 Å². The van der Waals surface area contributed by atoms with E-state index in [0.717, 1.165) is 25.7 Å². The zero-order valence-corrected chi connectivity index (χ0v) is 13.7. The number of benzene rings is 1. The van der Waals surface area contributed by atoms with Gasteiger partial charge in [-0.25, -0.2) is 0 Å². The molecule has 1 aliphatic carbocycles. The molecule has 2 fully saturated rings. The third-order valence-corrected chi connectivity index (χ3v) is 4.83. The van der Waals surface area contributed by atoms with Gasteiger partial charge in [0.15, 0.2) is 17.3 Å². The van der Waals surface area contributed by atoms with Crippen molar-refractivity contribution in [1.82, 2.24) is 5.32 Å². The van der Waals surface area contributed by atoms with E-state index in [1.807, 2.05) is 18.2 Å². The molecule has 6 heteroatoms. The molecule has 2 aliphatic heterocycles. The first-order valence-electron chi connectivity index (χ1n) is 8.72. The first kappa shape index (κ1) is 15.7. The fourth-order valence-electron chi connectivity index (χ4n) is 3.55. The van der Waals surface area contributed by atoms with Gasteiger partial charge in [0.1, 0.15) is 12.7 Å². The summed E-state index contributed by atoms with van der Waals surface area (Å²) in [5.41, 5.74) is 0. The highest BCUT2D eigenvalue weighted by molar-refractivity contribution is 5.81. The summed E-state index contributed by atoms with van der Waals surface area (Å²) in [5.74, 6) is 0.688. The largest absolute Gasteiger partial charge is 0.485 e. The molecule has 24 heavy (non-hydrogen) atoms. The molecule has 1 amide bonds. The third-order valence-electron chi connectivity index (χ3n) is 4.83. The predicted molar refractivity (Wildman–Crippen MR) is 86.0 cm³/mol. The smallest absolute Gasteiger partial charge is 0.264 e. The van der Waals surface area contributed by atoms with E-state index in [1.165, 1.54) is 6.42 Å². The molecule has 1 aromatic rings. The molecule has 1 aromatic carbocycles. The van der Waals surface area contributed by atoms with Gasteiger partial charge >= 0.3 is 0 Å². The molecule has 0 bridgehead atoms. The highest BCUT2D eigenvalue weighted by atomic mass is 16.7. The van der Waals surface area contributed by atoms with E-state index in [4.69, 9.17) is 18.9 Å². The molecule has 2 atom stereocenters. The van der Waals surface area contributed by atoms with Crippen molar-refractivity contribution in [3.8, 4) is 11.5 Å². The molecular formula is C18H23NO5. The van der Waals surface area contributed by atoms with Crippen molar-refractivity contribution in [2.24, 2.45) is 0 Å². The summed E-state index contributed by atoms with van der Waals surface area (Å²) in [6, 6.07) is 7.36. The van der Waals surface area contributed by atoms with Crippen molar-refractivity contribution in [3.05, 3.63) is 24.3 Å². The van der Waals surface area contributed by atoms with Crippen molar-refractivity contribution in [2.75, 3.05) is 19.8 Å². The van der Waals surface area contributed by atoms with Crippen LogP contribution in [0.5, 0.6) is 11.5 Å². The van der Waals surface area contributed by atoms with Gasteiger partial charge in [-0.1, -0.05) is 18.6 Å². The van der Waals surface area contributed by atoms with Crippen LogP contribution in [-0.2, 0) is 14.3 Å². The first-order chi connectivity index (χ1) is 11.7. The van der Waals surface area contributed by atoms with Gasteiger partial charge in [0.05, 0.1) is 6.61 Å². The maximum atomic E-state index is 12.3. The van der Waals surface area contributed by atoms with Crippen LogP contribution in [0.4, 0.5) is 0 Å². The SMILES string of the molecule is O=C(NC[C@@H]1COC2(CCCCC2)O1)[C@H]1COc2ccccc2O1. The zero-order valence-electron chi connectivity index (χ0n) is 13.7. The normalized spacial score (nSPS) is 27.8. The monoisotopic (exact) mass is 333 g/mol. The van der Waals surface area contributed by atoms with E-state index in [-0.39, 0.29) is 18.6 Å². The second-order valence-electron chi connectivity index (χ2n) is 6.63. The van der Waals surface area contributed by atoms with E-state index in [9.17, 15) is 4.79 Å². The molecular weight excluding hydrogens is 310 g/mol. The Morgan fingerprint density at radius 3 is 2.75 bits per heavy atom. The van der Waals surface area contributed by atoms with Gasteiger partial charge < -0.3 is 24.3 Å². The summed E-state index contributed by atoms with van der Waals surface area (Å²) in [6.07, 6.45) is 4.71. The molecule has 4 rings (SSSR count). The fraction of sp³-hybridized carbons (Fsp3) is 0.611. The van der Waals surface area contributed by atoms with Crippen LogP contribution in [0.2, 0.25) is 0 Å². The summed E-state index contributed by atoms with van der Waals surface area (Å²) in [5, 5.41) is 2.90. The Bertz CT molecular complexity index is 599. The Hall–Kier alpha value is -1.79.